The van der Waals surface area contributed by atoms with Crippen molar-refractivity contribution < 1.29 is 18.9 Å². The Morgan fingerprint density at radius 1 is 1.00 bits per heavy atom. The van der Waals surface area contributed by atoms with Crippen molar-refractivity contribution in [2.24, 2.45) is 11.8 Å². The normalized spacial score (nSPS) is 27.0. The molecule has 0 nitrogen and oxygen atoms in total. The molecule has 1 aliphatic rings. The molecule has 0 unspecified atom stereocenters. The Labute approximate surface area is 102 Å². The van der Waals surface area contributed by atoms with E-state index >= 15 is 0 Å². The Morgan fingerprint density at radius 2 is 1.57 bits per heavy atom. The van der Waals surface area contributed by atoms with Crippen LogP contribution in [0.2, 0.25) is 0 Å². The van der Waals surface area contributed by atoms with Gasteiger partial charge in [0.2, 0.25) is 0 Å². The average Bonchev–Trinajstić information content (AvgIpc) is 2.19. The van der Waals surface area contributed by atoms with Gasteiger partial charge in [-0.3, -0.25) is 0 Å². The van der Waals surface area contributed by atoms with Crippen LogP contribution in [-0.4, -0.2) is 0 Å². The van der Waals surface area contributed by atoms with Crippen LogP contribution in [0.4, 0.5) is 0 Å². The molecule has 0 radical (unpaired) electrons. The minimum atomic E-state index is 0. The summed E-state index contributed by atoms with van der Waals surface area (Å²) in [4.78, 5) is 0. The monoisotopic (exact) mass is 188 g/mol. The molecular formula is C13H25Li. The van der Waals surface area contributed by atoms with Gasteiger partial charge in [0.1, 0.15) is 0 Å². The fourth-order valence-corrected chi connectivity index (χ4v) is 2.49. The molecule has 78 valence electrons. The zero-order chi connectivity index (χ0) is 9.52. The van der Waals surface area contributed by atoms with Crippen LogP contribution in [0.1, 0.15) is 64.7 Å². The molecule has 1 heteroatoms. The third kappa shape index (κ3) is 5.47. The number of unbranched alkanes of at least 4 members (excludes halogenated alkanes) is 2. The van der Waals surface area contributed by atoms with Crippen molar-refractivity contribution in [2.45, 2.75) is 64.7 Å². The van der Waals surface area contributed by atoms with Crippen LogP contribution in [0.15, 0.2) is 0 Å². The Hall–Kier alpha value is 0.597. The molecule has 0 bridgehead atoms. The second-order valence-corrected chi connectivity index (χ2v) is 4.67. The summed E-state index contributed by atoms with van der Waals surface area (Å²) in [6.45, 7) is 6.30. The van der Waals surface area contributed by atoms with Crippen LogP contribution < -0.4 is 18.9 Å². The van der Waals surface area contributed by atoms with Gasteiger partial charge in [0.05, 0.1) is 0 Å². The van der Waals surface area contributed by atoms with Crippen molar-refractivity contribution in [3.8, 4) is 0 Å². The van der Waals surface area contributed by atoms with E-state index in [1.807, 2.05) is 0 Å². The van der Waals surface area contributed by atoms with Crippen LogP contribution in [0, 0.1) is 18.8 Å². The second-order valence-electron chi connectivity index (χ2n) is 4.67. The Balaban J connectivity index is 0.00000169. The first-order valence-corrected chi connectivity index (χ1v) is 6.16. The predicted molar refractivity (Wildman–Crippen MR) is 59.6 cm³/mol. The van der Waals surface area contributed by atoms with Gasteiger partial charge in [0.15, 0.2) is 0 Å². The summed E-state index contributed by atoms with van der Waals surface area (Å²) in [6, 6.07) is 0. The smallest absolute Gasteiger partial charge is 0.343 e. The molecule has 0 aliphatic heterocycles. The van der Waals surface area contributed by atoms with Gasteiger partial charge in [-0.1, -0.05) is 64.2 Å². The van der Waals surface area contributed by atoms with E-state index in [9.17, 15) is 0 Å². The molecule has 14 heavy (non-hydrogen) atoms. The van der Waals surface area contributed by atoms with Crippen molar-refractivity contribution in [1.82, 2.24) is 0 Å². The summed E-state index contributed by atoms with van der Waals surface area (Å²) in [5, 5.41) is 0. The maximum absolute atomic E-state index is 4.01. The SMILES string of the molecule is [CH2-]CC1CCC(CCCCC)CC1.[Li+]. The van der Waals surface area contributed by atoms with Crippen molar-refractivity contribution in [3.05, 3.63) is 6.92 Å². The molecule has 1 fully saturated rings. The van der Waals surface area contributed by atoms with E-state index in [1.54, 1.807) is 0 Å². The summed E-state index contributed by atoms with van der Waals surface area (Å²) in [7, 11) is 0. The zero-order valence-electron chi connectivity index (χ0n) is 10.2. The van der Waals surface area contributed by atoms with Gasteiger partial charge < -0.3 is 6.92 Å². The first kappa shape index (κ1) is 14.6. The minimum absolute atomic E-state index is 0. The summed E-state index contributed by atoms with van der Waals surface area (Å²) < 4.78 is 0. The third-order valence-corrected chi connectivity index (χ3v) is 3.59. The third-order valence-electron chi connectivity index (χ3n) is 3.59. The molecule has 0 saturated heterocycles. The maximum atomic E-state index is 4.01. The molecular weight excluding hydrogens is 163 g/mol. The van der Waals surface area contributed by atoms with Gasteiger partial charge in [0.25, 0.3) is 0 Å². The van der Waals surface area contributed by atoms with Crippen molar-refractivity contribution in [3.63, 3.8) is 0 Å². The van der Waals surface area contributed by atoms with Gasteiger partial charge in [0, 0.05) is 0 Å². The van der Waals surface area contributed by atoms with Gasteiger partial charge in [-0.2, -0.15) is 6.42 Å². The quantitative estimate of drug-likeness (QED) is 0.349. The minimum Gasteiger partial charge on any atom is -0.343 e. The second kappa shape index (κ2) is 8.87. The number of hydrogen-bond donors (Lipinski definition) is 0. The standard InChI is InChI=1S/C13H25.Li/c1-3-5-6-7-13-10-8-12(4-2)9-11-13;/h12-13H,2-11H2,1H3;/q-1;+1. The van der Waals surface area contributed by atoms with E-state index in [2.05, 4.69) is 13.8 Å². The first-order chi connectivity index (χ1) is 6.36. The Bertz CT molecular complexity index is 112. The molecule has 1 rings (SSSR count). The Kier molecular flexibility index (Phi) is 9.25. The summed E-state index contributed by atoms with van der Waals surface area (Å²) in [5.74, 6) is 2.02. The van der Waals surface area contributed by atoms with E-state index in [4.69, 9.17) is 0 Å². The molecule has 0 heterocycles. The average molecular weight is 188 g/mol. The van der Waals surface area contributed by atoms with Crippen molar-refractivity contribution in [2.75, 3.05) is 0 Å². The largest absolute Gasteiger partial charge is 1.00 e. The molecule has 1 saturated carbocycles. The van der Waals surface area contributed by atoms with E-state index < -0.39 is 0 Å². The van der Waals surface area contributed by atoms with E-state index in [-0.39, 0.29) is 18.9 Å². The van der Waals surface area contributed by atoms with Crippen LogP contribution in [0.5, 0.6) is 0 Å². The Morgan fingerprint density at radius 3 is 2.07 bits per heavy atom. The summed E-state index contributed by atoms with van der Waals surface area (Å²) in [6.07, 6.45) is 12.8. The van der Waals surface area contributed by atoms with Gasteiger partial charge in [-0.05, 0) is 5.92 Å². The fourth-order valence-electron chi connectivity index (χ4n) is 2.49. The number of rotatable bonds is 5. The van der Waals surface area contributed by atoms with E-state index in [0.29, 0.717) is 0 Å². The van der Waals surface area contributed by atoms with Crippen molar-refractivity contribution >= 4 is 0 Å². The van der Waals surface area contributed by atoms with E-state index in [1.165, 1.54) is 57.8 Å². The van der Waals surface area contributed by atoms with Gasteiger partial charge in [-0.25, -0.2) is 0 Å². The molecule has 0 spiro atoms. The number of hydrogen-bond acceptors (Lipinski definition) is 0. The zero-order valence-corrected chi connectivity index (χ0v) is 10.2. The molecule has 0 amide bonds. The molecule has 0 N–H and O–H groups in total. The van der Waals surface area contributed by atoms with Crippen LogP contribution >= 0.6 is 0 Å². The predicted octanol–water partition coefficient (Wildman–Crippen LogP) is 1.60. The van der Waals surface area contributed by atoms with Crippen LogP contribution in [0.25, 0.3) is 0 Å². The maximum Gasteiger partial charge on any atom is 1.00 e. The summed E-state index contributed by atoms with van der Waals surface area (Å²) >= 11 is 0. The molecule has 0 aromatic carbocycles. The van der Waals surface area contributed by atoms with Gasteiger partial charge >= 0.3 is 18.9 Å². The molecule has 0 aromatic heterocycles. The van der Waals surface area contributed by atoms with Crippen LogP contribution in [-0.2, 0) is 0 Å². The van der Waals surface area contributed by atoms with Crippen molar-refractivity contribution in [1.29, 1.82) is 0 Å². The molecule has 0 atom stereocenters. The fraction of sp³-hybridized carbons (Fsp3) is 0.923. The first-order valence-electron chi connectivity index (χ1n) is 6.16. The topological polar surface area (TPSA) is 0 Å². The van der Waals surface area contributed by atoms with Gasteiger partial charge in [-0.15, -0.1) is 0 Å². The van der Waals surface area contributed by atoms with E-state index in [0.717, 1.165) is 11.8 Å². The summed E-state index contributed by atoms with van der Waals surface area (Å²) in [5.41, 5.74) is 0. The van der Waals surface area contributed by atoms with Crippen LogP contribution in [0.3, 0.4) is 0 Å². The molecule has 0 aromatic rings. The molecule has 1 aliphatic carbocycles.